The highest BCUT2D eigenvalue weighted by Crippen LogP contribution is 2.28. The highest BCUT2D eigenvalue weighted by atomic mass is 32.1. The first kappa shape index (κ1) is 15.3. The summed E-state index contributed by atoms with van der Waals surface area (Å²) in [6.45, 7) is 0. The lowest BCUT2D eigenvalue weighted by Crippen LogP contribution is -2.25. The Morgan fingerprint density at radius 2 is 2.00 bits per heavy atom. The molecule has 0 aliphatic heterocycles. The molecule has 0 radical (unpaired) electrons. The van der Waals surface area contributed by atoms with Gasteiger partial charge in [-0.15, -0.1) is 0 Å². The first-order valence-electron chi connectivity index (χ1n) is 7.44. The zero-order chi connectivity index (χ0) is 17.6. The van der Waals surface area contributed by atoms with Gasteiger partial charge in [-0.25, -0.2) is 4.98 Å². The zero-order valence-electron chi connectivity index (χ0n) is 13.1. The van der Waals surface area contributed by atoms with Crippen LogP contribution < -0.4 is 4.90 Å². The summed E-state index contributed by atoms with van der Waals surface area (Å²) in [7, 11) is 1.71. The second kappa shape index (κ2) is 5.67. The number of carbonyl (C=O) groups is 1. The molecule has 4 rings (SSSR count). The van der Waals surface area contributed by atoms with Crippen LogP contribution in [0.3, 0.4) is 0 Å². The maximum atomic E-state index is 12.7. The van der Waals surface area contributed by atoms with Gasteiger partial charge in [-0.3, -0.25) is 19.3 Å². The molecule has 0 unspecified atom stereocenters. The molecule has 25 heavy (non-hydrogen) atoms. The van der Waals surface area contributed by atoms with Gasteiger partial charge in [-0.1, -0.05) is 29.5 Å². The van der Waals surface area contributed by atoms with Crippen molar-refractivity contribution >= 4 is 44.6 Å². The number of nitro benzene ring substituents is 1. The van der Waals surface area contributed by atoms with Crippen LogP contribution in [0.1, 0.15) is 9.67 Å². The summed E-state index contributed by atoms with van der Waals surface area (Å²) in [5, 5.41) is 11.0. The van der Waals surface area contributed by atoms with Gasteiger partial charge in [0.2, 0.25) is 0 Å². The number of amides is 1. The number of aromatic nitrogens is 2. The lowest BCUT2D eigenvalue weighted by Gasteiger charge is -2.15. The number of thiazole rings is 1. The van der Waals surface area contributed by atoms with Gasteiger partial charge < -0.3 is 4.90 Å². The van der Waals surface area contributed by atoms with Gasteiger partial charge in [0.25, 0.3) is 11.6 Å². The predicted molar refractivity (Wildman–Crippen MR) is 96.4 cm³/mol. The Morgan fingerprint density at radius 3 is 2.72 bits per heavy atom. The monoisotopic (exact) mass is 352 g/mol. The van der Waals surface area contributed by atoms with Crippen LogP contribution >= 0.6 is 11.3 Å². The van der Waals surface area contributed by atoms with Crippen LogP contribution in [0, 0.1) is 10.1 Å². The second-order valence-corrected chi connectivity index (χ2v) is 6.50. The van der Waals surface area contributed by atoms with Gasteiger partial charge >= 0.3 is 0 Å². The first-order valence-corrected chi connectivity index (χ1v) is 8.25. The molecule has 0 fully saturated rings. The van der Waals surface area contributed by atoms with Gasteiger partial charge in [-0.05, 0) is 18.2 Å². The van der Waals surface area contributed by atoms with Crippen LogP contribution in [0.4, 0.5) is 11.4 Å². The normalized spacial score (nSPS) is 11.1. The van der Waals surface area contributed by atoms with Crippen LogP contribution in [0.25, 0.3) is 16.0 Å². The molecule has 7 nitrogen and oxygen atoms in total. The fraction of sp³-hybridized carbons (Fsp3) is 0.0588. The van der Waals surface area contributed by atoms with Gasteiger partial charge in [0.15, 0.2) is 4.96 Å². The van der Waals surface area contributed by atoms with Gasteiger partial charge in [0.05, 0.1) is 16.0 Å². The minimum Gasteiger partial charge on any atom is -0.311 e. The molecule has 0 atom stereocenters. The van der Waals surface area contributed by atoms with Crippen molar-refractivity contribution in [2.75, 3.05) is 11.9 Å². The number of anilines is 1. The summed E-state index contributed by atoms with van der Waals surface area (Å²) < 4.78 is 1.72. The molecule has 0 N–H and O–H groups in total. The molecule has 8 heteroatoms. The predicted octanol–water partition coefficient (Wildman–Crippen LogP) is 3.73. The lowest BCUT2D eigenvalue weighted by molar-refractivity contribution is -0.384. The standard InChI is InChI=1S/C17H12N4O3S/c1-19(11-5-3-2-4-6-11)16(22)15-10-20-14-9-12(21(23)24)7-8-13(14)18-17(20)25-15/h2-10H,1H3. The number of non-ortho nitro benzene ring substituents is 1. The molecule has 0 aliphatic rings. The zero-order valence-corrected chi connectivity index (χ0v) is 13.9. The molecule has 2 aromatic carbocycles. The molecule has 0 aliphatic carbocycles. The fourth-order valence-electron chi connectivity index (χ4n) is 2.64. The second-order valence-electron chi connectivity index (χ2n) is 5.49. The van der Waals surface area contributed by atoms with Crippen molar-refractivity contribution in [2.45, 2.75) is 0 Å². The van der Waals surface area contributed by atoms with Crippen molar-refractivity contribution in [3.8, 4) is 0 Å². The number of nitro groups is 1. The molecule has 4 aromatic rings. The topological polar surface area (TPSA) is 80.8 Å². The van der Waals surface area contributed by atoms with Crippen LogP contribution in [0.2, 0.25) is 0 Å². The van der Waals surface area contributed by atoms with Crippen molar-refractivity contribution < 1.29 is 9.72 Å². The van der Waals surface area contributed by atoms with Crippen molar-refractivity contribution in [1.29, 1.82) is 0 Å². The van der Waals surface area contributed by atoms with Crippen LogP contribution in [0.5, 0.6) is 0 Å². The number of hydrogen-bond acceptors (Lipinski definition) is 5. The maximum absolute atomic E-state index is 12.7. The SMILES string of the molecule is CN(C(=O)c1cn2c(nc3ccc([N+](=O)[O-])cc32)s1)c1ccccc1. The number of rotatable bonds is 3. The van der Waals surface area contributed by atoms with E-state index in [4.69, 9.17) is 0 Å². The average Bonchev–Trinajstić information content (AvgIpc) is 3.18. The number of imidazole rings is 1. The Balaban J connectivity index is 1.77. The van der Waals surface area contributed by atoms with Gasteiger partial charge in [-0.2, -0.15) is 0 Å². The molecule has 2 heterocycles. The molecule has 2 aromatic heterocycles. The Labute approximate surface area is 145 Å². The van der Waals surface area contributed by atoms with Crippen molar-refractivity contribution in [1.82, 2.24) is 9.38 Å². The third-order valence-electron chi connectivity index (χ3n) is 3.96. The Hall–Kier alpha value is -3.26. The molecule has 1 amide bonds. The van der Waals surface area contributed by atoms with E-state index in [0.717, 1.165) is 5.69 Å². The molecule has 0 spiro atoms. The van der Waals surface area contributed by atoms with Crippen LogP contribution in [-0.2, 0) is 0 Å². The Bertz CT molecular complexity index is 1120. The number of para-hydroxylation sites is 1. The summed E-state index contributed by atoms with van der Waals surface area (Å²) in [5.74, 6) is -0.153. The summed E-state index contributed by atoms with van der Waals surface area (Å²) >= 11 is 1.26. The summed E-state index contributed by atoms with van der Waals surface area (Å²) in [6, 6.07) is 13.8. The van der Waals surface area contributed by atoms with E-state index in [1.54, 1.807) is 28.6 Å². The van der Waals surface area contributed by atoms with E-state index in [-0.39, 0.29) is 11.6 Å². The number of hydrogen-bond donors (Lipinski definition) is 0. The number of fused-ring (bicyclic) bond motifs is 3. The largest absolute Gasteiger partial charge is 0.311 e. The molecular formula is C17H12N4O3S. The molecule has 0 bridgehead atoms. The van der Waals surface area contributed by atoms with E-state index in [1.807, 2.05) is 30.3 Å². The van der Waals surface area contributed by atoms with E-state index >= 15 is 0 Å². The maximum Gasteiger partial charge on any atom is 0.271 e. The van der Waals surface area contributed by atoms with Crippen LogP contribution in [-0.4, -0.2) is 27.3 Å². The van der Waals surface area contributed by atoms with Crippen molar-refractivity contribution in [2.24, 2.45) is 0 Å². The fourth-order valence-corrected chi connectivity index (χ4v) is 3.62. The smallest absolute Gasteiger partial charge is 0.271 e. The average molecular weight is 352 g/mol. The Kier molecular flexibility index (Phi) is 3.47. The highest BCUT2D eigenvalue weighted by Gasteiger charge is 2.19. The molecule has 0 saturated carbocycles. The lowest BCUT2D eigenvalue weighted by atomic mass is 10.3. The van der Waals surface area contributed by atoms with Gasteiger partial charge in [0.1, 0.15) is 4.88 Å². The number of benzene rings is 2. The molecule has 124 valence electrons. The van der Waals surface area contributed by atoms with E-state index in [0.29, 0.717) is 20.9 Å². The Morgan fingerprint density at radius 1 is 1.24 bits per heavy atom. The minimum atomic E-state index is -0.444. The third-order valence-corrected chi connectivity index (χ3v) is 4.93. The first-order chi connectivity index (χ1) is 12.0. The van der Waals surface area contributed by atoms with Gasteiger partial charge in [0, 0.05) is 31.1 Å². The number of carbonyl (C=O) groups excluding carboxylic acids is 1. The van der Waals surface area contributed by atoms with Crippen LogP contribution in [0.15, 0.2) is 54.7 Å². The summed E-state index contributed by atoms with van der Waals surface area (Å²) in [5.41, 5.74) is 2.06. The summed E-state index contributed by atoms with van der Waals surface area (Å²) in [6.07, 6.45) is 1.68. The van der Waals surface area contributed by atoms with E-state index in [9.17, 15) is 14.9 Å². The van der Waals surface area contributed by atoms with Crippen molar-refractivity contribution in [3.63, 3.8) is 0 Å². The summed E-state index contributed by atoms with van der Waals surface area (Å²) in [4.78, 5) is 30.4. The number of nitrogens with zero attached hydrogens (tertiary/aromatic N) is 4. The van der Waals surface area contributed by atoms with Crippen molar-refractivity contribution in [3.05, 3.63) is 69.7 Å². The quantitative estimate of drug-likeness (QED) is 0.415. The highest BCUT2D eigenvalue weighted by molar-refractivity contribution is 7.19. The van der Waals surface area contributed by atoms with E-state index < -0.39 is 4.92 Å². The van der Waals surface area contributed by atoms with E-state index in [1.165, 1.54) is 23.5 Å². The van der Waals surface area contributed by atoms with E-state index in [2.05, 4.69) is 4.98 Å². The minimum absolute atomic E-state index is 0.00483. The molecular weight excluding hydrogens is 340 g/mol. The third kappa shape index (κ3) is 2.52. The molecule has 0 saturated heterocycles.